The van der Waals surface area contributed by atoms with E-state index in [2.05, 4.69) is 16.8 Å². The van der Waals surface area contributed by atoms with Crippen LogP contribution in [0.5, 0.6) is 0 Å². The Kier molecular flexibility index (Phi) is 4.09. The van der Waals surface area contributed by atoms with Crippen molar-refractivity contribution in [2.75, 3.05) is 0 Å². The third kappa shape index (κ3) is 3.28. The van der Waals surface area contributed by atoms with Gasteiger partial charge in [0.25, 0.3) is 0 Å². The Hall–Kier alpha value is -2.76. The zero-order valence-electron chi connectivity index (χ0n) is 11.6. The van der Waals surface area contributed by atoms with Crippen molar-refractivity contribution >= 4 is 17.4 Å². The molecule has 0 bridgehead atoms. The molecule has 3 heteroatoms. The van der Waals surface area contributed by atoms with E-state index in [0.717, 1.165) is 11.3 Å². The summed E-state index contributed by atoms with van der Waals surface area (Å²) in [4.78, 5) is 15.1. The van der Waals surface area contributed by atoms with Crippen molar-refractivity contribution in [3.63, 3.8) is 0 Å². The summed E-state index contributed by atoms with van der Waals surface area (Å²) in [6, 6.07) is 20.3. The number of ketones is 1. The largest absolute Gasteiger partial charge is 0.348 e. The van der Waals surface area contributed by atoms with E-state index in [1.54, 1.807) is 12.1 Å². The third-order valence-electron chi connectivity index (χ3n) is 3.19. The number of halogens is 1. The van der Waals surface area contributed by atoms with E-state index in [-0.39, 0.29) is 5.78 Å². The minimum atomic E-state index is -0.191. The lowest BCUT2D eigenvalue weighted by molar-refractivity contribution is 0.105. The summed E-state index contributed by atoms with van der Waals surface area (Å²) < 4.78 is 0. The maximum absolute atomic E-state index is 11.9. The molecule has 0 radical (unpaired) electrons. The van der Waals surface area contributed by atoms with Crippen LogP contribution in [0.15, 0.2) is 66.7 Å². The van der Waals surface area contributed by atoms with Gasteiger partial charge in [0.2, 0.25) is 5.78 Å². The van der Waals surface area contributed by atoms with Gasteiger partial charge in [-0.1, -0.05) is 54.1 Å². The Bertz CT molecular complexity index is 852. The lowest BCUT2D eigenvalue weighted by Gasteiger charge is -1.97. The lowest BCUT2D eigenvalue weighted by Crippen LogP contribution is -1.93. The van der Waals surface area contributed by atoms with Crippen LogP contribution in [-0.4, -0.2) is 10.8 Å². The summed E-state index contributed by atoms with van der Waals surface area (Å²) in [6.07, 6.45) is 0. The predicted molar refractivity (Wildman–Crippen MR) is 88.9 cm³/mol. The second-order valence-electron chi connectivity index (χ2n) is 4.74. The van der Waals surface area contributed by atoms with Gasteiger partial charge in [-0.05, 0) is 41.7 Å². The highest BCUT2D eigenvalue weighted by atomic mass is 35.5. The number of hydrogen-bond donors (Lipinski definition) is 1. The third-order valence-corrected chi connectivity index (χ3v) is 3.44. The van der Waals surface area contributed by atoms with E-state index in [1.165, 1.54) is 0 Å². The highest BCUT2D eigenvalue weighted by molar-refractivity contribution is 6.30. The zero-order valence-corrected chi connectivity index (χ0v) is 12.4. The highest BCUT2D eigenvalue weighted by Gasteiger charge is 2.02. The van der Waals surface area contributed by atoms with Crippen molar-refractivity contribution in [3.8, 4) is 23.1 Å². The van der Waals surface area contributed by atoms with Crippen LogP contribution in [0.1, 0.15) is 16.1 Å². The molecule has 0 atom stereocenters. The quantitative estimate of drug-likeness (QED) is 0.546. The second-order valence-corrected chi connectivity index (χ2v) is 5.17. The first-order chi connectivity index (χ1) is 10.7. The molecule has 0 fully saturated rings. The van der Waals surface area contributed by atoms with Gasteiger partial charge in [0.05, 0.1) is 5.69 Å². The van der Waals surface area contributed by atoms with Crippen molar-refractivity contribution in [3.05, 3.63) is 83.0 Å². The van der Waals surface area contributed by atoms with Crippen LogP contribution < -0.4 is 0 Å². The average molecular weight is 306 g/mol. The monoisotopic (exact) mass is 305 g/mol. The summed E-state index contributed by atoms with van der Waals surface area (Å²) in [5.74, 6) is 5.32. The standard InChI is InChI=1S/C19H12ClNO/c20-16-8-6-14(7-9-16)18-12-10-17(21-18)11-13-19(22)15-4-2-1-3-5-15/h1-10,12,21H. The lowest BCUT2D eigenvalue weighted by atomic mass is 10.1. The molecule has 0 aliphatic heterocycles. The van der Waals surface area contributed by atoms with Gasteiger partial charge in [0, 0.05) is 16.3 Å². The van der Waals surface area contributed by atoms with Crippen molar-refractivity contribution in [1.29, 1.82) is 0 Å². The smallest absolute Gasteiger partial charge is 0.236 e. The Morgan fingerprint density at radius 1 is 0.909 bits per heavy atom. The summed E-state index contributed by atoms with van der Waals surface area (Å²) in [5.41, 5.74) is 3.26. The first-order valence-electron chi connectivity index (χ1n) is 6.79. The number of carbonyl (C=O) groups is 1. The van der Waals surface area contributed by atoms with E-state index in [4.69, 9.17) is 11.6 Å². The number of carbonyl (C=O) groups excluding carboxylic acids is 1. The molecule has 3 rings (SSSR count). The molecular formula is C19H12ClNO. The van der Waals surface area contributed by atoms with Crippen LogP contribution in [0.25, 0.3) is 11.3 Å². The van der Waals surface area contributed by atoms with Gasteiger partial charge in [-0.2, -0.15) is 0 Å². The Morgan fingerprint density at radius 2 is 1.64 bits per heavy atom. The van der Waals surface area contributed by atoms with Crippen LogP contribution in [0.2, 0.25) is 5.02 Å². The van der Waals surface area contributed by atoms with E-state index in [0.29, 0.717) is 16.3 Å². The molecule has 0 aliphatic rings. The SMILES string of the molecule is O=C(C#Cc1ccc(-c2ccc(Cl)cc2)[nH]1)c1ccccc1. The Morgan fingerprint density at radius 3 is 2.36 bits per heavy atom. The number of Topliss-reactive ketones (excluding diaryl/α,β-unsaturated/α-hetero) is 1. The molecule has 0 spiro atoms. The van der Waals surface area contributed by atoms with Crippen LogP contribution in [0.3, 0.4) is 0 Å². The second kappa shape index (κ2) is 6.34. The molecule has 0 unspecified atom stereocenters. The summed E-state index contributed by atoms with van der Waals surface area (Å²) in [7, 11) is 0. The molecule has 0 saturated carbocycles. The number of nitrogens with one attached hydrogen (secondary N) is 1. The summed E-state index contributed by atoms with van der Waals surface area (Å²) in [5, 5.41) is 0.698. The van der Waals surface area contributed by atoms with Gasteiger partial charge in [0.15, 0.2) is 0 Å². The number of aromatic amines is 1. The number of benzene rings is 2. The number of hydrogen-bond acceptors (Lipinski definition) is 1. The minimum Gasteiger partial charge on any atom is -0.348 e. The van der Waals surface area contributed by atoms with E-state index < -0.39 is 0 Å². The Labute approximate surface area is 133 Å². The molecule has 106 valence electrons. The van der Waals surface area contributed by atoms with Gasteiger partial charge in [0.1, 0.15) is 0 Å². The van der Waals surface area contributed by atoms with Crippen LogP contribution >= 0.6 is 11.6 Å². The molecular weight excluding hydrogens is 294 g/mol. The molecule has 2 aromatic carbocycles. The number of rotatable bonds is 2. The van der Waals surface area contributed by atoms with Gasteiger partial charge in [-0.3, -0.25) is 4.79 Å². The van der Waals surface area contributed by atoms with Crippen molar-refractivity contribution < 1.29 is 4.79 Å². The number of H-pyrrole nitrogens is 1. The zero-order chi connectivity index (χ0) is 15.4. The van der Waals surface area contributed by atoms with Gasteiger partial charge >= 0.3 is 0 Å². The predicted octanol–water partition coefficient (Wildman–Crippen LogP) is 4.57. The molecule has 3 aromatic rings. The minimum absolute atomic E-state index is 0.191. The van der Waals surface area contributed by atoms with E-state index in [9.17, 15) is 4.79 Å². The molecule has 22 heavy (non-hydrogen) atoms. The Balaban J connectivity index is 1.79. The van der Waals surface area contributed by atoms with Gasteiger partial charge < -0.3 is 4.98 Å². The van der Waals surface area contributed by atoms with Crippen molar-refractivity contribution in [2.24, 2.45) is 0 Å². The molecule has 1 aromatic heterocycles. The van der Waals surface area contributed by atoms with E-state index >= 15 is 0 Å². The molecule has 0 saturated heterocycles. The molecule has 2 nitrogen and oxygen atoms in total. The van der Waals surface area contributed by atoms with Gasteiger partial charge in [-0.15, -0.1) is 0 Å². The molecule has 1 heterocycles. The first-order valence-corrected chi connectivity index (χ1v) is 7.16. The molecule has 0 aliphatic carbocycles. The van der Waals surface area contributed by atoms with Gasteiger partial charge in [-0.25, -0.2) is 0 Å². The maximum atomic E-state index is 11.9. The fraction of sp³-hybridized carbons (Fsp3) is 0. The first kappa shape index (κ1) is 14.2. The summed E-state index contributed by atoms with van der Waals surface area (Å²) in [6.45, 7) is 0. The maximum Gasteiger partial charge on any atom is 0.236 e. The van der Waals surface area contributed by atoms with E-state index in [1.807, 2.05) is 54.6 Å². The van der Waals surface area contributed by atoms with Crippen LogP contribution in [0, 0.1) is 11.8 Å². The molecule has 1 N–H and O–H groups in total. The molecule has 0 amide bonds. The fourth-order valence-corrected chi connectivity index (χ4v) is 2.18. The topological polar surface area (TPSA) is 32.9 Å². The van der Waals surface area contributed by atoms with Crippen LogP contribution in [-0.2, 0) is 0 Å². The number of aromatic nitrogens is 1. The summed E-state index contributed by atoms with van der Waals surface area (Å²) >= 11 is 5.88. The fourth-order valence-electron chi connectivity index (χ4n) is 2.05. The van der Waals surface area contributed by atoms with Crippen molar-refractivity contribution in [1.82, 2.24) is 4.98 Å². The average Bonchev–Trinajstić information content (AvgIpc) is 3.03. The normalized spacial score (nSPS) is 9.86. The van der Waals surface area contributed by atoms with Crippen LogP contribution in [0.4, 0.5) is 0 Å². The van der Waals surface area contributed by atoms with Crippen molar-refractivity contribution in [2.45, 2.75) is 0 Å². The highest BCUT2D eigenvalue weighted by Crippen LogP contribution is 2.20.